The van der Waals surface area contributed by atoms with E-state index in [0.717, 1.165) is 21.8 Å². The van der Waals surface area contributed by atoms with Gasteiger partial charge in [-0.25, -0.2) is 0 Å². The second-order valence-corrected chi connectivity index (χ2v) is 5.22. The van der Waals surface area contributed by atoms with Crippen LogP contribution >= 0.6 is 27.7 Å². The monoisotopic (exact) mass is 286 g/mol. The summed E-state index contributed by atoms with van der Waals surface area (Å²) in [6.07, 6.45) is 0. The summed E-state index contributed by atoms with van der Waals surface area (Å²) in [5.41, 5.74) is 0.827. The van der Waals surface area contributed by atoms with Crippen LogP contribution in [0.15, 0.2) is 28.7 Å². The number of thioether (sulfide) groups is 1. The number of anilines is 1. The van der Waals surface area contributed by atoms with Crippen LogP contribution in [0.1, 0.15) is 0 Å². The minimum atomic E-state index is -0.0611. The van der Waals surface area contributed by atoms with Gasteiger partial charge in [-0.15, -0.1) is 11.8 Å². The molecule has 2 rings (SSSR count). The highest BCUT2D eigenvalue weighted by Gasteiger charge is 2.22. The molecule has 1 atom stereocenters. The van der Waals surface area contributed by atoms with Gasteiger partial charge in [-0.2, -0.15) is 0 Å². The van der Waals surface area contributed by atoms with Crippen molar-refractivity contribution in [2.45, 2.75) is 6.04 Å². The van der Waals surface area contributed by atoms with E-state index in [1.165, 1.54) is 0 Å². The third kappa shape index (κ3) is 2.96. The molecule has 1 aromatic rings. The molecule has 15 heavy (non-hydrogen) atoms. The number of amides is 1. The number of nitrogens with one attached hydrogen (secondary N) is 2. The van der Waals surface area contributed by atoms with Crippen LogP contribution in [0.5, 0.6) is 0 Å². The van der Waals surface area contributed by atoms with Gasteiger partial charge in [0.25, 0.3) is 0 Å². The summed E-state index contributed by atoms with van der Waals surface area (Å²) in [5.74, 6) is 1.74. The van der Waals surface area contributed by atoms with Crippen molar-refractivity contribution in [1.82, 2.24) is 5.32 Å². The zero-order valence-corrected chi connectivity index (χ0v) is 10.4. The van der Waals surface area contributed by atoms with Gasteiger partial charge < -0.3 is 5.32 Å². The molecule has 1 aliphatic rings. The Morgan fingerprint density at radius 2 is 2.47 bits per heavy atom. The number of hydrogen-bond donors (Lipinski definition) is 2. The molecular formula is C10H11BrN2OS. The predicted octanol–water partition coefficient (Wildman–Crippen LogP) is 2.05. The number of rotatable bonds is 2. The lowest BCUT2D eigenvalue weighted by molar-refractivity contribution is -0.117. The Bertz CT molecular complexity index is 366. The van der Waals surface area contributed by atoms with Crippen LogP contribution in [0.3, 0.4) is 0 Å². The van der Waals surface area contributed by atoms with Crippen LogP contribution in [0.2, 0.25) is 0 Å². The summed E-state index contributed by atoms with van der Waals surface area (Å²) in [4.78, 5) is 11.7. The lowest BCUT2D eigenvalue weighted by Crippen LogP contribution is -2.37. The van der Waals surface area contributed by atoms with E-state index in [4.69, 9.17) is 0 Å². The molecule has 0 saturated carbocycles. The third-order valence-electron chi connectivity index (χ3n) is 2.12. The van der Waals surface area contributed by atoms with E-state index in [9.17, 15) is 4.79 Å². The summed E-state index contributed by atoms with van der Waals surface area (Å²) in [7, 11) is 0. The molecular weight excluding hydrogens is 276 g/mol. The molecule has 1 aromatic carbocycles. The fourth-order valence-electron chi connectivity index (χ4n) is 1.36. The first-order valence-corrected chi connectivity index (χ1v) is 6.58. The van der Waals surface area contributed by atoms with E-state index in [1.807, 2.05) is 24.3 Å². The first-order valence-electron chi connectivity index (χ1n) is 4.63. The van der Waals surface area contributed by atoms with Gasteiger partial charge in [0, 0.05) is 21.8 Å². The van der Waals surface area contributed by atoms with E-state index in [1.54, 1.807) is 11.8 Å². The van der Waals surface area contributed by atoms with Crippen molar-refractivity contribution < 1.29 is 4.79 Å². The average Bonchev–Trinajstić information content (AvgIpc) is 2.70. The van der Waals surface area contributed by atoms with Gasteiger partial charge >= 0.3 is 0 Å². The van der Waals surface area contributed by atoms with Crippen LogP contribution in [0, 0.1) is 0 Å². The summed E-state index contributed by atoms with van der Waals surface area (Å²) in [6.45, 7) is 0. The van der Waals surface area contributed by atoms with E-state index in [-0.39, 0.29) is 11.9 Å². The molecule has 1 fully saturated rings. The maximum absolute atomic E-state index is 11.7. The van der Waals surface area contributed by atoms with Crippen molar-refractivity contribution in [2.24, 2.45) is 0 Å². The molecule has 1 unspecified atom stereocenters. The fourth-order valence-corrected chi connectivity index (χ4v) is 2.70. The molecule has 0 spiro atoms. The summed E-state index contributed by atoms with van der Waals surface area (Å²) >= 11 is 5.11. The molecule has 1 heterocycles. The Morgan fingerprint density at radius 3 is 3.13 bits per heavy atom. The molecule has 5 heteroatoms. The lowest BCUT2D eigenvalue weighted by atomic mass is 10.3. The van der Waals surface area contributed by atoms with Crippen molar-refractivity contribution in [1.29, 1.82) is 0 Å². The van der Waals surface area contributed by atoms with E-state index in [2.05, 4.69) is 26.6 Å². The number of carbonyl (C=O) groups excluding carboxylic acids is 1. The molecule has 1 amide bonds. The summed E-state index contributed by atoms with van der Waals surface area (Å²) < 4.78 is 0.967. The van der Waals surface area contributed by atoms with Gasteiger partial charge in [0.05, 0.1) is 6.04 Å². The first-order chi connectivity index (χ1) is 7.25. The predicted molar refractivity (Wildman–Crippen MR) is 67.0 cm³/mol. The highest BCUT2D eigenvalue weighted by atomic mass is 79.9. The van der Waals surface area contributed by atoms with E-state index < -0.39 is 0 Å². The van der Waals surface area contributed by atoms with Crippen LogP contribution in [0.4, 0.5) is 5.69 Å². The number of halogens is 1. The molecule has 2 N–H and O–H groups in total. The topological polar surface area (TPSA) is 41.1 Å². The Hall–Kier alpha value is -0.520. The minimum absolute atomic E-state index is 0.0399. The lowest BCUT2D eigenvalue weighted by Gasteiger charge is -2.10. The standard InChI is InChI=1S/C10H11BrN2OS/c11-7-2-1-3-8(4-7)13-10(14)9-5-15-6-12-9/h1-4,9,12H,5-6H2,(H,13,14). The van der Waals surface area contributed by atoms with E-state index in [0.29, 0.717) is 0 Å². The molecule has 0 radical (unpaired) electrons. The van der Waals surface area contributed by atoms with Crippen molar-refractivity contribution in [3.63, 3.8) is 0 Å². The van der Waals surface area contributed by atoms with Gasteiger partial charge in [-0.05, 0) is 18.2 Å². The van der Waals surface area contributed by atoms with Gasteiger partial charge in [-0.1, -0.05) is 22.0 Å². The number of carbonyl (C=O) groups is 1. The second kappa shape index (κ2) is 5.01. The van der Waals surface area contributed by atoms with Gasteiger partial charge in [0.15, 0.2) is 0 Å². The molecule has 0 bridgehead atoms. The van der Waals surface area contributed by atoms with Gasteiger partial charge in [0.1, 0.15) is 0 Å². The molecule has 0 aromatic heterocycles. The van der Waals surface area contributed by atoms with Crippen molar-refractivity contribution in [3.05, 3.63) is 28.7 Å². The fraction of sp³-hybridized carbons (Fsp3) is 0.300. The first kappa shape index (κ1) is 11.0. The summed E-state index contributed by atoms with van der Waals surface area (Å²) in [6, 6.07) is 7.54. The molecule has 1 aliphatic heterocycles. The number of benzene rings is 1. The van der Waals surface area contributed by atoms with Crippen LogP contribution < -0.4 is 10.6 Å². The highest BCUT2D eigenvalue weighted by Crippen LogP contribution is 2.17. The van der Waals surface area contributed by atoms with Crippen LogP contribution in [-0.4, -0.2) is 23.6 Å². The molecule has 3 nitrogen and oxygen atoms in total. The highest BCUT2D eigenvalue weighted by molar-refractivity contribution is 9.10. The molecule has 1 saturated heterocycles. The zero-order chi connectivity index (χ0) is 10.7. The van der Waals surface area contributed by atoms with Crippen molar-refractivity contribution in [2.75, 3.05) is 16.9 Å². The van der Waals surface area contributed by atoms with Gasteiger partial charge in [0.2, 0.25) is 5.91 Å². The quantitative estimate of drug-likeness (QED) is 0.874. The zero-order valence-electron chi connectivity index (χ0n) is 8.00. The van der Waals surface area contributed by atoms with Crippen LogP contribution in [-0.2, 0) is 4.79 Å². The Morgan fingerprint density at radius 1 is 1.60 bits per heavy atom. The Balaban J connectivity index is 1.99. The third-order valence-corrected chi connectivity index (χ3v) is 3.56. The average molecular weight is 287 g/mol. The second-order valence-electron chi connectivity index (χ2n) is 3.27. The molecule has 80 valence electrons. The Labute approximate surface area is 101 Å². The van der Waals surface area contributed by atoms with Crippen LogP contribution in [0.25, 0.3) is 0 Å². The number of hydrogen-bond acceptors (Lipinski definition) is 3. The smallest absolute Gasteiger partial charge is 0.242 e. The van der Waals surface area contributed by atoms with Gasteiger partial charge in [-0.3, -0.25) is 10.1 Å². The van der Waals surface area contributed by atoms with E-state index >= 15 is 0 Å². The maximum Gasteiger partial charge on any atom is 0.242 e. The minimum Gasteiger partial charge on any atom is -0.325 e. The van der Waals surface area contributed by atoms with Crippen molar-refractivity contribution >= 4 is 39.3 Å². The SMILES string of the molecule is O=C(Nc1cccc(Br)c1)C1CSCN1. The largest absolute Gasteiger partial charge is 0.325 e. The normalized spacial score (nSPS) is 20.2. The maximum atomic E-state index is 11.7. The Kier molecular flexibility index (Phi) is 3.66. The van der Waals surface area contributed by atoms with Crippen molar-refractivity contribution in [3.8, 4) is 0 Å². The summed E-state index contributed by atoms with van der Waals surface area (Å²) in [5, 5.41) is 6.01. The molecule has 0 aliphatic carbocycles.